The molecule has 7 nitrogen and oxygen atoms in total. The number of nitrogens with one attached hydrogen (secondary N) is 1. The summed E-state index contributed by atoms with van der Waals surface area (Å²) >= 11 is 0. The lowest BCUT2D eigenvalue weighted by molar-refractivity contribution is -0.116. The number of amides is 1. The van der Waals surface area contributed by atoms with Gasteiger partial charge in [0, 0.05) is 12.6 Å². The zero-order valence-corrected chi connectivity index (χ0v) is 18.9. The van der Waals surface area contributed by atoms with Crippen LogP contribution in [-0.4, -0.2) is 34.1 Å². The fourth-order valence-corrected chi connectivity index (χ4v) is 3.19. The second-order valence-corrected chi connectivity index (χ2v) is 8.97. The zero-order valence-electron chi connectivity index (χ0n) is 18.1. The maximum atomic E-state index is 12.1. The number of benzene rings is 2. The molecule has 0 aromatic heterocycles. The van der Waals surface area contributed by atoms with Crippen molar-refractivity contribution in [3.05, 3.63) is 59.7 Å². The number of rotatable bonds is 11. The van der Waals surface area contributed by atoms with E-state index >= 15 is 0 Å². The third-order valence-corrected chi connectivity index (χ3v) is 5.16. The van der Waals surface area contributed by atoms with Crippen molar-refractivity contribution < 1.29 is 22.7 Å². The third-order valence-electron chi connectivity index (χ3n) is 4.23. The predicted molar refractivity (Wildman–Crippen MR) is 122 cm³/mol. The summed E-state index contributed by atoms with van der Waals surface area (Å²) in [6.45, 7) is 7.60. The van der Waals surface area contributed by atoms with Gasteiger partial charge in [0.2, 0.25) is 15.9 Å². The lowest BCUT2D eigenvalue weighted by Gasteiger charge is -2.14. The fraction of sp³-hybridized carbons (Fsp3) is 0.348. The molecule has 0 saturated carbocycles. The van der Waals surface area contributed by atoms with Gasteiger partial charge in [-0.15, -0.1) is 0 Å². The van der Waals surface area contributed by atoms with E-state index in [-0.39, 0.29) is 10.8 Å². The number of carbonyl (C=O) groups excluding carboxylic acids is 1. The van der Waals surface area contributed by atoms with E-state index in [1.165, 1.54) is 18.2 Å². The molecular formula is C23H30N2O5S. The molecule has 2 aromatic rings. The van der Waals surface area contributed by atoms with Gasteiger partial charge in [0.15, 0.2) is 11.5 Å². The van der Waals surface area contributed by atoms with Crippen LogP contribution >= 0.6 is 0 Å². The Morgan fingerprint density at radius 1 is 1.10 bits per heavy atom. The summed E-state index contributed by atoms with van der Waals surface area (Å²) in [5, 5.41) is 7.89. The van der Waals surface area contributed by atoms with Crippen LogP contribution in [0.3, 0.4) is 0 Å². The van der Waals surface area contributed by atoms with Crippen molar-refractivity contribution in [2.45, 2.75) is 32.1 Å². The van der Waals surface area contributed by atoms with Crippen LogP contribution in [0.4, 0.5) is 0 Å². The average Bonchev–Trinajstić information content (AvgIpc) is 2.71. The molecule has 168 valence electrons. The molecule has 0 aliphatic heterocycles. The minimum atomic E-state index is -3.70. The summed E-state index contributed by atoms with van der Waals surface area (Å²) in [5.41, 5.74) is 1.73. The minimum absolute atomic E-state index is 0.0651. The first kappa shape index (κ1) is 24.4. The van der Waals surface area contributed by atoms with Crippen molar-refractivity contribution in [3.63, 3.8) is 0 Å². The molecule has 0 radical (unpaired) electrons. The van der Waals surface area contributed by atoms with Crippen LogP contribution in [-0.2, 0) is 21.2 Å². The van der Waals surface area contributed by atoms with Gasteiger partial charge in [-0.1, -0.05) is 32.0 Å². The molecular weight excluding hydrogens is 416 g/mol. The Morgan fingerprint density at radius 2 is 1.81 bits per heavy atom. The second kappa shape index (κ2) is 11.5. The summed E-state index contributed by atoms with van der Waals surface area (Å²) in [4.78, 5) is 12.2. The van der Waals surface area contributed by atoms with Crippen molar-refractivity contribution in [2.24, 2.45) is 11.1 Å². The SMILES string of the molecule is CCOc1cc(/C=C/C(=O)NCCc2ccc(S(N)(=O)=O)cc2)ccc1OCC(C)C. The Morgan fingerprint density at radius 3 is 2.42 bits per heavy atom. The van der Waals surface area contributed by atoms with E-state index in [1.807, 2.05) is 25.1 Å². The van der Waals surface area contributed by atoms with Gasteiger partial charge in [-0.3, -0.25) is 4.79 Å². The molecule has 2 aromatic carbocycles. The van der Waals surface area contributed by atoms with Crippen LogP contribution < -0.4 is 19.9 Å². The highest BCUT2D eigenvalue weighted by atomic mass is 32.2. The highest BCUT2D eigenvalue weighted by molar-refractivity contribution is 7.89. The molecule has 0 unspecified atom stereocenters. The first-order valence-corrected chi connectivity index (χ1v) is 11.7. The third kappa shape index (κ3) is 8.43. The molecule has 0 saturated heterocycles. The topological polar surface area (TPSA) is 108 Å². The Kier molecular flexibility index (Phi) is 9.08. The van der Waals surface area contributed by atoms with Crippen molar-refractivity contribution in [1.29, 1.82) is 0 Å². The number of hydrogen-bond acceptors (Lipinski definition) is 5. The molecule has 0 spiro atoms. The molecule has 0 heterocycles. The van der Waals surface area contributed by atoms with Gasteiger partial charge in [0.05, 0.1) is 18.1 Å². The molecule has 0 fully saturated rings. The number of ether oxygens (including phenoxy) is 2. The lowest BCUT2D eigenvalue weighted by atomic mass is 10.1. The van der Waals surface area contributed by atoms with Crippen molar-refractivity contribution in [3.8, 4) is 11.5 Å². The molecule has 0 aliphatic rings. The summed E-state index contributed by atoms with van der Waals surface area (Å²) in [6.07, 6.45) is 3.75. The van der Waals surface area contributed by atoms with E-state index in [9.17, 15) is 13.2 Å². The molecule has 0 bridgehead atoms. The van der Waals surface area contributed by atoms with E-state index in [4.69, 9.17) is 14.6 Å². The highest BCUT2D eigenvalue weighted by Gasteiger charge is 2.08. The molecule has 1 amide bonds. The molecule has 31 heavy (non-hydrogen) atoms. The van der Waals surface area contributed by atoms with E-state index < -0.39 is 10.0 Å². The largest absolute Gasteiger partial charge is 0.490 e. The standard InChI is InChI=1S/C23H30N2O5S/c1-4-29-22-15-19(7-11-21(22)30-16-17(2)3)8-12-23(26)25-14-13-18-5-9-20(10-6-18)31(24,27)28/h5-12,15,17H,4,13-14,16H2,1-3H3,(H,25,26)(H2,24,27,28)/b12-8+. The Hall–Kier alpha value is -2.84. The van der Waals surface area contributed by atoms with Gasteiger partial charge in [-0.25, -0.2) is 13.6 Å². The number of nitrogens with two attached hydrogens (primary N) is 1. The number of hydrogen-bond donors (Lipinski definition) is 2. The summed E-state index contributed by atoms with van der Waals surface area (Å²) in [7, 11) is -3.70. The Labute approximate surface area is 184 Å². The fourth-order valence-electron chi connectivity index (χ4n) is 2.68. The lowest BCUT2D eigenvalue weighted by Crippen LogP contribution is -2.23. The monoisotopic (exact) mass is 446 g/mol. The van der Waals surface area contributed by atoms with Gasteiger partial charge in [-0.2, -0.15) is 0 Å². The van der Waals surface area contributed by atoms with Crippen LogP contribution in [0, 0.1) is 5.92 Å². The highest BCUT2D eigenvalue weighted by Crippen LogP contribution is 2.29. The summed E-state index contributed by atoms with van der Waals surface area (Å²) < 4.78 is 34.0. The molecule has 3 N–H and O–H groups in total. The molecule has 8 heteroatoms. The van der Waals surface area contributed by atoms with Crippen LogP contribution in [0.1, 0.15) is 31.9 Å². The summed E-state index contributed by atoms with van der Waals surface area (Å²) in [5.74, 6) is 1.52. The quantitative estimate of drug-likeness (QED) is 0.516. The van der Waals surface area contributed by atoms with E-state index in [1.54, 1.807) is 18.2 Å². The van der Waals surface area contributed by atoms with Crippen molar-refractivity contribution in [1.82, 2.24) is 5.32 Å². The van der Waals surface area contributed by atoms with Crippen molar-refractivity contribution in [2.75, 3.05) is 19.8 Å². The Balaban J connectivity index is 1.89. The first-order chi connectivity index (χ1) is 14.7. The number of carbonyl (C=O) groups is 1. The minimum Gasteiger partial charge on any atom is -0.490 e. The molecule has 0 atom stereocenters. The molecule has 0 aliphatic carbocycles. The molecule has 2 rings (SSSR count). The normalized spacial score (nSPS) is 11.6. The van der Waals surface area contributed by atoms with Gasteiger partial charge >= 0.3 is 0 Å². The summed E-state index contributed by atoms with van der Waals surface area (Å²) in [6, 6.07) is 11.8. The van der Waals surface area contributed by atoms with Crippen LogP contribution in [0.15, 0.2) is 53.4 Å². The van der Waals surface area contributed by atoms with Crippen molar-refractivity contribution >= 4 is 22.0 Å². The zero-order chi connectivity index (χ0) is 22.9. The van der Waals surface area contributed by atoms with Gasteiger partial charge in [-0.05, 0) is 60.7 Å². The average molecular weight is 447 g/mol. The number of primary sulfonamides is 1. The van der Waals surface area contributed by atoms with E-state index in [2.05, 4.69) is 19.2 Å². The van der Waals surface area contributed by atoms with Crippen LogP contribution in [0.5, 0.6) is 11.5 Å². The van der Waals surface area contributed by atoms with Gasteiger partial charge in [0.25, 0.3) is 0 Å². The maximum absolute atomic E-state index is 12.1. The first-order valence-electron chi connectivity index (χ1n) is 10.2. The predicted octanol–water partition coefficient (Wildman–Crippen LogP) is 3.14. The van der Waals surface area contributed by atoms with E-state index in [0.29, 0.717) is 43.6 Å². The van der Waals surface area contributed by atoms with Crippen LogP contribution in [0.2, 0.25) is 0 Å². The van der Waals surface area contributed by atoms with E-state index in [0.717, 1.165) is 11.1 Å². The Bertz CT molecular complexity index is 999. The van der Waals surface area contributed by atoms with Crippen LogP contribution in [0.25, 0.3) is 6.08 Å². The smallest absolute Gasteiger partial charge is 0.244 e. The second-order valence-electron chi connectivity index (χ2n) is 7.41. The van der Waals surface area contributed by atoms with Gasteiger partial charge in [0.1, 0.15) is 0 Å². The number of sulfonamides is 1. The van der Waals surface area contributed by atoms with Gasteiger partial charge < -0.3 is 14.8 Å². The maximum Gasteiger partial charge on any atom is 0.244 e.